The van der Waals surface area contributed by atoms with Gasteiger partial charge in [-0.1, -0.05) is 43.0 Å². The highest BCUT2D eigenvalue weighted by molar-refractivity contribution is 5.99. The number of aromatic nitrogens is 1. The first-order chi connectivity index (χ1) is 12.4. The first-order valence-corrected chi connectivity index (χ1v) is 8.03. The largest absolute Gasteiger partial charge is 0.340 e. The van der Waals surface area contributed by atoms with Gasteiger partial charge in [-0.05, 0) is 17.7 Å². The van der Waals surface area contributed by atoms with Gasteiger partial charge in [0.15, 0.2) is 0 Å². The summed E-state index contributed by atoms with van der Waals surface area (Å²) in [5, 5.41) is 2.32. The second-order valence-corrected chi connectivity index (χ2v) is 5.98. The quantitative estimate of drug-likeness (QED) is 0.856. The molecule has 1 aliphatic rings. The molecule has 0 saturated carbocycles. The van der Waals surface area contributed by atoms with E-state index in [1.165, 1.54) is 6.20 Å². The van der Waals surface area contributed by atoms with E-state index in [1.54, 1.807) is 12.1 Å². The maximum atomic E-state index is 14.2. The monoisotopic (exact) mass is 357 g/mol. The van der Waals surface area contributed by atoms with Gasteiger partial charge in [-0.25, -0.2) is 8.78 Å². The molecule has 0 spiro atoms. The number of hydrogen-bond donors (Lipinski definition) is 1. The predicted molar refractivity (Wildman–Crippen MR) is 92.7 cm³/mol. The van der Waals surface area contributed by atoms with Crippen LogP contribution in [-0.4, -0.2) is 46.8 Å². The highest BCUT2D eigenvalue weighted by atomic mass is 19.3. The van der Waals surface area contributed by atoms with Crippen LogP contribution in [0.1, 0.15) is 10.5 Å². The maximum Gasteiger partial charge on any atom is 0.286 e. The van der Waals surface area contributed by atoms with Crippen molar-refractivity contribution in [1.82, 2.24) is 15.2 Å². The number of benzene rings is 1. The Morgan fingerprint density at radius 2 is 1.96 bits per heavy atom. The van der Waals surface area contributed by atoms with E-state index in [2.05, 4.69) is 16.9 Å². The number of pyridine rings is 1. The van der Waals surface area contributed by atoms with Gasteiger partial charge in [-0.2, -0.15) is 0 Å². The van der Waals surface area contributed by atoms with E-state index in [4.69, 9.17) is 0 Å². The summed E-state index contributed by atoms with van der Waals surface area (Å²) in [6.07, 6.45) is 2.41. The van der Waals surface area contributed by atoms with Crippen molar-refractivity contribution < 1.29 is 18.4 Å². The third-order valence-electron chi connectivity index (χ3n) is 4.21. The van der Waals surface area contributed by atoms with Crippen molar-refractivity contribution in [3.05, 3.63) is 67.0 Å². The molecule has 1 fully saturated rings. The second-order valence-electron chi connectivity index (χ2n) is 5.98. The number of alkyl halides is 2. The molecule has 0 radical (unpaired) electrons. The van der Waals surface area contributed by atoms with Gasteiger partial charge in [-0.15, -0.1) is 0 Å². The van der Waals surface area contributed by atoms with Gasteiger partial charge in [0.25, 0.3) is 11.8 Å². The van der Waals surface area contributed by atoms with Crippen molar-refractivity contribution in [2.24, 2.45) is 0 Å². The zero-order valence-corrected chi connectivity index (χ0v) is 13.9. The average molecular weight is 357 g/mol. The molecule has 2 amide bonds. The van der Waals surface area contributed by atoms with Gasteiger partial charge in [0.05, 0.1) is 6.54 Å². The van der Waals surface area contributed by atoms with Crippen LogP contribution in [0.15, 0.2) is 61.3 Å². The molecule has 2 heterocycles. The van der Waals surface area contributed by atoms with Crippen LogP contribution in [0.3, 0.4) is 0 Å². The van der Waals surface area contributed by atoms with Crippen LogP contribution in [0, 0.1) is 0 Å². The fourth-order valence-corrected chi connectivity index (χ4v) is 2.89. The third kappa shape index (κ3) is 3.46. The zero-order valence-electron chi connectivity index (χ0n) is 13.9. The summed E-state index contributed by atoms with van der Waals surface area (Å²) >= 11 is 0. The Balaban J connectivity index is 1.83. The molecule has 26 heavy (non-hydrogen) atoms. The lowest BCUT2D eigenvalue weighted by Gasteiger charge is -2.19. The van der Waals surface area contributed by atoms with Crippen LogP contribution in [0.2, 0.25) is 0 Å². The van der Waals surface area contributed by atoms with Gasteiger partial charge in [-0.3, -0.25) is 14.6 Å². The Bertz CT molecular complexity index is 840. The second kappa shape index (κ2) is 7.03. The van der Waals surface area contributed by atoms with Crippen LogP contribution in [-0.2, 0) is 4.79 Å². The molecule has 0 bridgehead atoms. The molecular weight excluding hydrogens is 340 g/mol. The van der Waals surface area contributed by atoms with E-state index in [1.807, 2.05) is 30.3 Å². The van der Waals surface area contributed by atoms with Crippen molar-refractivity contribution in [2.75, 3.05) is 13.1 Å². The molecular formula is C19H17F2N3O2. The minimum absolute atomic E-state index is 0.0583. The van der Waals surface area contributed by atoms with Gasteiger partial charge < -0.3 is 10.2 Å². The van der Waals surface area contributed by atoms with Gasteiger partial charge in [0.2, 0.25) is 5.91 Å². The number of carbonyl (C=O) groups excluding carboxylic acids is 2. The molecule has 3 rings (SSSR count). The topological polar surface area (TPSA) is 62.3 Å². The number of halogens is 2. The lowest BCUT2D eigenvalue weighted by atomic mass is 10.0. The predicted octanol–water partition coefficient (Wildman–Crippen LogP) is 2.51. The van der Waals surface area contributed by atoms with E-state index >= 15 is 0 Å². The Labute approximate surface area is 149 Å². The van der Waals surface area contributed by atoms with Gasteiger partial charge >= 0.3 is 0 Å². The molecule has 1 aromatic heterocycles. The molecule has 1 atom stereocenters. The molecule has 0 aliphatic carbocycles. The van der Waals surface area contributed by atoms with E-state index in [-0.39, 0.29) is 12.2 Å². The zero-order chi connectivity index (χ0) is 18.7. The number of amides is 2. The van der Waals surface area contributed by atoms with Crippen molar-refractivity contribution in [3.63, 3.8) is 0 Å². The average Bonchev–Trinajstić information content (AvgIpc) is 2.96. The SMILES string of the molecule is C=CC(=O)N1CC(NC(=O)c2ncccc2-c2ccccc2)C(F)(F)C1. The van der Waals surface area contributed by atoms with Gasteiger partial charge in [0.1, 0.15) is 11.7 Å². The lowest BCUT2D eigenvalue weighted by Crippen LogP contribution is -2.47. The fraction of sp³-hybridized carbons (Fsp3) is 0.211. The molecule has 1 aliphatic heterocycles. The van der Waals surface area contributed by atoms with Crippen molar-refractivity contribution in [2.45, 2.75) is 12.0 Å². The Kier molecular flexibility index (Phi) is 4.79. The number of nitrogens with zero attached hydrogens (tertiary/aromatic N) is 2. The maximum absolute atomic E-state index is 14.2. The van der Waals surface area contributed by atoms with Crippen LogP contribution in [0.25, 0.3) is 11.1 Å². The smallest absolute Gasteiger partial charge is 0.286 e. The molecule has 134 valence electrons. The number of likely N-dealkylation sites (tertiary alicyclic amines) is 1. The summed E-state index contributed by atoms with van der Waals surface area (Å²) in [6, 6.07) is 11.0. The first-order valence-electron chi connectivity index (χ1n) is 8.03. The number of nitrogens with one attached hydrogen (secondary N) is 1. The van der Waals surface area contributed by atoms with Gasteiger partial charge in [0, 0.05) is 18.3 Å². The summed E-state index contributed by atoms with van der Waals surface area (Å²) in [5.41, 5.74) is 1.36. The molecule has 1 unspecified atom stereocenters. The minimum Gasteiger partial charge on any atom is -0.340 e. The molecule has 1 aromatic carbocycles. The summed E-state index contributed by atoms with van der Waals surface area (Å²) in [4.78, 5) is 29.2. The van der Waals surface area contributed by atoms with Crippen LogP contribution < -0.4 is 5.32 Å². The van der Waals surface area contributed by atoms with Crippen molar-refractivity contribution in [1.29, 1.82) is 0 Å². The van der Waals surface area contributed by atoms with Crippen LogP contribution >= 0.6 is 0 Å². The molecule has 1 N–H and O–H groups in total. The summed E-state index contributed by atoms with van der Waals surface area (Å²) in [7, 11) is 0. The Morgan fingerprint density at radius 1 is 1.23 bits per heavy atom. The summed E-state index contributed by atoms with van der Waals surface area (Å²) in [6.45, 7) is 2.26. The third-order valence-corrected chi connectivity index (χ3v) is 4.21. The van der Waals surface area contributed by atoms with E-state index in [0.29, 0.717) is 5.56 Å². The van der Waals surface area contributed by atoms with Crippen molar-refractivity contribution >= 4 is 11.8 Å². The first kappa shape index (κ1) is 17.7. The molecule has 5 nitrogen and oxygen atoms in total. The van der Waals surface area contributed by atoms with Crippen molar-refractivity contribution in [3.8, 4) is 11.1 Å². The van der Waals surface area contributed by atoms with E-state index < -0.39 is 30.3 Å². The fourth-order valence-electron chi connectivity index (χ4n) is 2.89. The highest BCUT2D eigenvalue weighted by Crippen LogP contribution is 2.29. The standard InChI is InChI=1S/C19H17F2N3O2/c1-2-16(25)24-11-15(19(20,21)12-24)23-18(26)17-14(9-6-10-22-17)13-7-4-3-5-8-13/h2-10,15H,1,11-12H2,(H,23,26). The minimum atomic E-state index is -3.23. The van der Waals surface area contributed by atoms with Crippen LogP contribution in [0.4, 0.5) is 8.78 Å². The number of hydrogen-bond acceptors (Lipinski definition) is 3. The Hall–Kier alpha value is -3.09. The summed E-state index contributed by atoms with van der Waals surface area (Å²) in [5.74, 6) is -4.53. The normalized spacial score (nSPS) is 18.4. The van der Waals surface area contributed by atoms with Crippen LogP contribution in [0.5, 0.6) is 0 Å². The number of carbonyl (C=O) groups is 2. The highest BCUT2D eigenvalue weighted by Gasteiger charge is 2.50. The molecule has 2 aromatic rings. The molecule has 1 saturated heterocycles. The van der Waals surface area contributed by atoms with E-state index in [9.17, 15) is 18.4 Å². The Morgan fingerprint density at radius 3 is 2.65 bits per heavy atom. The lowest BCUT2D eigenvalue weighted by molar-refractivity contribution is -0.126. The molecule has 7 heteroatoms. The number of rotatable bonds is 4. The van der Waals surface area contributed by atoms with E-state index in [0.717, 1.165) is 16.5 Å². The summed E-state index contributed by atoms with van der Waals surface area (Å²) < 4.78 is 28.4.